The van der Waals surface area contributed by atoms with Crippen molar-refractivity contribution in [1.82, 2.24) is 4.98 Å². The van der Waals surface area contributed by atoms with Gasteiger partial charge in [-0.15, -0.1) is 0 Å². The summed E-state index contributed by atoms with van der Waals surface area (Å²) in [5.41, 5.74) is 4.36. The Bertz CT molecular complexity index is 1660. The van der Waals surface area contributed by atoms with Crippen LogP contribution in [0.5, 0.6) is 0 Å². The number of carbonyl (C=O) groups excluding carboxylic acids is 1. The molecule has 5 aromatic rings. The molecule has 1 N–H and O–H groups in total. The average Bonchev–Trinajstić information content (AvgIpc) is 2.98. The molecule has 5 rings (SSSR count). The fourth-order valence-corrected chi connectivity index (χ4v) is 4.24. The normalized spacial score (nSPS) is 10.4. The predicted octanol–water partition coefficient (Wildman–Crippen LogP) is 7.55. The van der Waals surface area contributed by atoms with E-state index in [4.69, 9.17) is 11.6 Å². The number of carbonyl (C=O) groups is 1. The Morgan fingerprint density at radius 2 is 1.34 bits per heavy atom. The smallest absolute Gasteiger partial charge is 0.270 e. The molecule has 1 amide bonds. The topological polar surface area (TPSA) is 128 Å². The van der Waals surface area contributed by atoms with Crippen molar-refractivity contribution >= 4 is 45.5 Å². The minimum absolute atomic E-state index is 0.00674. The Morgan fingerprint density at radius 3 is 1.95 bits per heavy atom. The second-order valence-corrected chi connectivity index (χ2v) is 9.43. The highest BCUT2D eigenvalue weighted by Crippen LogP contribution is 2.26. The van der Waals surface area contributed by atoms with Crippen LogP contribution in [0.25, 0.3) is 10.9 Å². The van der Waals surface area contributed by atoms with Gasteiger partial charge < -0.3 is 5.32 Å². The number of anilines is 1. The van der Waals surface area contributed by atoms with E-state index in [1.54, 1.807) is 6.07 Å². The molecule has 0 bridgehead atoms. The van der Waals surface area contributed by atoms with Crippen molar-refractivity contribution in [2.75, 3.05) is 5.32 Å². The van der Waals surface area contributed by atoms with E-state index in [-0.39, 0.29) is 17.3 Å². The van der Waals surface area contributed by atoms with Crippen LogP contribution < -0.4 is 5.32 Å². The number of pyridine rings is 1. The highest BCUT2D eigenvalue weighted by molar-refractivity contribution is 6.30. The van der Waals surface area contributed by atoms with E-state index in [0.29, 0.717) is 35.6 Å². The zero-order valence-electron chi connectivity index (χ0n) is 21.8. The van der Waals surface area contributed by atoms with Gasteiger partial charge in [0.25, 0.3) is 11.4 Å². The molecule has 41 heavy (non-hydrogen) atoms. The van der Waals surface area contributed by atoms with Crippen LogP contribution >= 0.6 is 11.6 Å². The minimum Gasteiger partial charge on any atom is -0.326 e. The molecule has 10 heteroatoms. The number of non-ortho nitro benzene ring substituents is 2. The molecule has 0 atom stereocenters. The number of aromatic nitrogens is 1. The lowest BCUT2D eigenvalue weighted by Gasteiger charge is -2.06. The Balaban J connectivity index is 0.000000189. The third-order valence-electron chi connectivity index (χ3n) is 6.12. The second-order valence-electron chi connectivity index (χ2n) is 9.07. The van der Waals surface area contributed by atoms with Gasteiger partial charge in [-0.05, 0) is 47.4 Å². The van der Waals surface area contributed by atoms with Crippen molar-refractivity contribution in [3.8, 4) is 0 Å². The summed E-state index contributed by atoms with van der Waals surface area (Å²) in [5, 5.41) is 25.2. The number of nitrogens with one attached hydrogen (secondary N) is 1. The minimum atomic E-state index is -0.471. The lowest BCUT2D eigenvalue weighted by molar-refractivity contribution is -0.385. The number of aryl methyl sites for hydroxylation is 1. The van der Waals surface area contributed by atoms with Gasteiger partial charge in [-0.25, -0.2) is 4.98 Å². The van der Waals surface area contributed by atoms with Crippen molar-refractivity contribution in [1.29, 1.82) is 0 Å². The number of fused-ring (bicyclic) bond motifs is 1. The number of nitro benzene ring substituents is 2. The van der Waals surface area contributed by atoms with Gasteiger partial charge in [-0.1, -0.05) is 72.3 Å². The van der Waals surface area contributed by atoms with Gasteiger partial charge in [0.2, 0.25) is 5.91 Å². The van der Waals surface area contributed by atoms with E-state index in [1.807, 2.05) is 66.7 Å². The maximum atomic E-state index is 11.8. The molecule has 0 aliphatic carbocycles. The van der Waals surface area contributed by atoms with E-state index in [0.717, 1.165) is 22.1 Å². The molecule has 0 saturated heterocycles. The molecule has 4 aromatic carbocycles. The molecule has 0 aliphatic heterocycles. The Morgan fingerprint density at radius 1 is 0.756 bits per heavy atom. The highest BCUT2D eigenvalue weighted by atomic mass is 35.5. The van der Waals surface area contributed by atoms with Crippen LogP contribution in [0, 0.1) is 20.2 Å². The average molecular weight is 569 g/mol. The third-order valence-corrected chi connectivity index (χ3v) is 6.45. The zero-order valence-corrected chi connectivity index (χ0v) is 22.5. The first-order valence-electron chi connectivity index (χ1n) is 12.6. The first-order chi connectivity index (χ1) is 19.8. The Hall–Kier alpha value is -5.15. The lowest BCUT2D eigenvalue weighted by Crippen LogP contribution is -2.12. The van der Waals surface area contributed by atoms with Gasteiger partial charge >= 0.3 is 0 Å². The van der Waals surface area contributed by atoms with Crippen molar-refractivity contribution in [3.05, 3.63) is 151 Å². The van der Waals surface area contributed by atoms with Gasteiger partial charge in [-0.3, -0.25) is 25.0 Å². The fourth-order valence-electron chi connectivity index (χ4n) is 4.03. The molecule has 0 saturated carbocycles. The molecular weight excluding hydrogens is 544 g/mol. The molecule has 1 aromatic heterocycles. The van der Waals surface area contributed by atoms with Gasteiger partial charge in [0.05, 0.1) is 15.4 Å². The summed E-state index contributed by atoms with van der Waals surface area (Å²) in [6, 6.07) is 31.9. The van der Waals surface area contributed by atoms with E-state index in [1.165, 1.54) is 36.4 Å². The number of nitrogens with zero attached hydrogens (tertiary/aromatic N) is 3. The first kappa shape index (κ1) is 28.8. The standard InChI is InChI=1S/C16H11ClN2O2.C15H14N2O3/c17-16-13(8-11-4-2-1-3-5-11)9-12-10-14(19(20)21)6-7-15(12)18-16;18-15(11-6-12-4-2-1-3-5-12)16-13-7-9-14(10-8-13)17(19)20/h1-7,9-10H,8H2;1-5,7-10H,6,11H2,(H,16,18). The van der Waals surface area contributed by atoms with Gasteiger partial charge in [0.15, 0.2) is 0 Å². The molecule has 0 aliphatic rings. The molecular formula is C31H25ClN4O5. The summed E-state index contributed by atoms with van der Waals surface area (Å²) in [7, 11) is 0. The maximum absolute atomic E-state index is 11.8. The summed E-state index contributed by atoms with van der Waals surface area (Å²) in [5.74, 6) is -0.109. The van der Waals surface area contributed by atoms with E-state index in [2.05, 4.69) is 10.3 Å². The Labute approximate surface area is 240 Å². The number of rotatable bonds is 8. The molecule has 0 radical (unpaired) electrons. The molecule has 1 heterocycles. The molecule has 206 valence electrons. The number of hydrogen-bond donors (Lipinski definition) is 1. The molecule has 0 spiro atoms. The van der Waals surface area contributed by atoms with Crippen LogP contribution in [0.4, 0.5) is 17.1 Å². The fraction of sp³-hybridized carbons (Fsp3) is 0.0968. The first-order valence-corrected chi connectivity index (χ1v) is 13.0. The van der Waals surface area contributed by atoms with Crippen molar-refractivity contribution in [3.63, 3.8) is 0 Å². The maximum Gasteiger partial charge on any atom is 0.270 e. The van der Waals surface area contributed by atoms with Crippen LogP contribution in [0.2, 0.25) is 5.15 Å². The Kier molecular flexibility index (Phi) is 9.69. The monoisotopic (exact) mass is 568 g/mol. The number of halogens is 1. The molecule has 0 fully saturated rings. The lowest BCUT2D eigenvalue weighted by atomic mass is 10.0. The summed E-state index contributed by atoms with van der Waals surface area (Å²) in [6.45, 7) is 0. The molecule has 9 nitrogen and oxygen atoms in total. The second kappa shape index (κ2) is 13.8. The van der Waals surface area contributed by atoms with Crippen LogP contribution in [-0.4, -0.2) is 20.7 Å². The SMILES string of the molecule is O=C(CCc1ccccc1)Nc1ccc([N+](=O)[O-])cc1.O=[N+]([O-])c1ccc2nc(Cl)c(Cc3ccccc3)cc2c1. The van der Waals surface area contributed by atoms with Crippen LogP contribution in [0.15, 0.2) is 109 Å². The largest absolute Gasteiger partial charge is 0.326 e. The van der Waals surface area contributed by atoms with E-state index in [9.17, 15) is 25.0 Å². The summed E-state index contributed by atoms with van der Waals surface area (Å²) in [6.07, 6.45) is 1.69. The quantitative estimate of drug-likeness (QED) is 0.117. The van der Waals surface area contributed by atoms with Gasteiger partial charge in [0.1, 0.15) is 5.15 Å². The van der Waals surface area contributed by atoms with Crippen molar-refractivity contribution in [2.45, 2.75) is 19.3 Å². The molecule has 0 unspecified atom stereocenters. The van der Waals surface area contributed by atoms with Crippen LogP contribution in [0.3, 0.4) is 0 Å². The number of amides is 1. The summed E-state index contributed by atoms with van der Waals surface area (Å²) in [4.78, 5) is 36.6. The van der Waals surface area contributed by atoms with Crippen molar-refractivity contribution < 1.29 is 14.6 Å². The highest BCUT2D eigenvalue weighted by Gasteiger charge is 2.11. The third kappa shape index (κ3) is 8.42. The number of nitro groups is 2. The van der Waals surface area contributed by atoms with E-state index >= 15 is 0 Å². The van der Waals surface area contributed by atoms with Gasteiger partial charge in [-0.2, -0.15) is 0 Å². The zero-order chi connectivity index (χ0) is 29.2. The van der Waals surface area contributed by atoms with E-state index < -0.39 is 9.85 Å². The van der Waals surface area contributed by atoms with Crippen LogP contribution in [-0.2, 0) is 17.6 Å². The van der Waals surface area contributed by atoms with Gasteiger partial charge in [0, 0.05) is 48.2 Å². The van der Waals surface area contributed by atoms with Crippen molar-refractivity contribution in [2.24, 2.45) is 0 Å². The number of hydrogen-bond acceptors (Lipinski definition) is 6. The summed E-state index contributed by atoms with van der Waals surface area (Å²) < 4.78 is 0. The summed E-state index contributed by atoms with van der Waals surface area (Å²) >= 11 is 6.21. The van der Waals surface area contributed by atoms with Crippen LogP contribution in [0.1, 0.15) is 23.1 Å². The predicted molar refractivity (Wildman–Crippen MR) is 159 cm³/mol. The number of benzene rings is 4.